The number of hydrogen-bond acceptors (Lipinski definition) is 5. The summed E-state index contributed by atoms with van der Waals surface area (Å²) in [6, 6.07) is 7.56. The molecule has 0 aliphatic rings. The maximum Gasteiger partial charge on any atom is 0.350 e. The van der Waals surface area contributed by atoms with Crippen LogP contribution in [0.1, 0.15) is 59.9 Å². The summed E-state index contributed by atoms with van der Waals surface area (Å²) in [5, 5.41) is 2.71. The second kappa shape index (κ2) is 12.7. The minimum absolute atomic E-state index is 0.00170. The van der Waals surface area contributed by atoms with Gasteiger partial charge in [0.15, 0.2) is 0 Å². The van der Waals surface area contributed by atoms with E-state index in [9.17, 15) is 14.2 Å². The molecular weight excluding hydrogens is 469 g/mol. The highest BCUT2D eigenvalue weighted by Crippen LogP contribution is 2.49. The van der Waals surface area contributed by atoms with E-state index in [1.54, 1.807) is 27.7 Å². The third-order valence-electron chi connectivity index (χ3n) is 4.11. The largest absolute Gasteiger partial charge is 0.350 e. The molecule has 0 bridgehead atoms. The Morgan fingerprint density at radius 2 is 1.53 bits per heavy atom. The van der Waals surface area contributed by atoms with E-state index in [1.807, 2.05) is 38.1 Å². The summed E-state index contributed by atoms with van der Waals surface area (Å²) in [4.78, 5) is 25.4. The monoisotopic (exact) mass is 503 g/mol. The van der Waals surface area contributed by atoms with Gasteiger partial charge in [0.25, 0.3) is 0 Å². The van der Waals surface area contributed by atoms with Gasteiger partial charge in [-0.2, -0.15) is 0 Å². The van der Waals surface area contributed by atoms with Crippen LogP contribution in [0.25, 0.3) is 0 Å². The maximum absolute atomic E-state index is 12.9. The van der Waals surface area contributed by atoms with Crippen LogP contribution in [0.4, 0.5) is 0 Å². The summed E-state index contributed by atoms with van der Waals surface area (Å²) in [6.45, 7) is 11.1. The molecule has 1 N–H and O–H groups in total. The van der Waals surface area contributed by atoms with Crippen LogP contribution in [-0.4, -0.2) is 30.2 Å². The standard InChI is InChI=1S/C22H35BrNO5P/c1-15(2)11-19(13-21(25)12-18-7-9-20(23)10-8-18)22(26)24-14-30(27,28-16(3)4)29-17(5)6/h7-10,15-17,19H,11-14H2,1-6H3,(H,24,26)/t19-/m1/s1. The van der Waals surface area contributed by atoms with Crippen LogP contribution >= 0.6 is 23.5 Å². The number of halogens is 1. The number of benzene rings is 1. The van der Waals surface area contributed by atoms with Gasteiger partial charge in [0.2, 0.25) is 5.91 Å². The molecule has 1 aromatic carbocycles. The van der Waals surface area contributed by atoms with Crippen LogP contribution in [0.3, 0.4) is 0 Å². The van der Waals surface area contributed by atoms with E-state index in [-0.39, 0.29) is 48.9 Å². The molecule has 0 aliphatic heterocycles. The highest BCUT2D eigenvalue weighted by atomic mass is 79.9. The van der Waals surface area contributed by atoms with E-state index < -0.39 is 13.5 Å². The molecule has 1 amide bonds. The third-order valence-corrected chi connectivity index (χ3v) is 6.66. The van der Waals surface area contributed by atoms with Gasteiger partial charge in [0.1, 0.15) is 12.1 Å². The lowest BCUT2D eigenvalue weighted by Gasteiger charge is -2.24. The van der Waals surface area contributed by atoms with Crippen LogP contribution in [0.15, 0.2) is 28.7 Å². The average molecular weight is 504 g/mol. The second-order valence-corrected chi connectivity index (χ2v) is 11.4. The van der Waals surface area contributed by atoms with Crippen molar-refractivity contribution in [2.24, 2.45) is 11.8 Å². The van der Waals surface area contributed by atoms with Crippen molar-refractivity contribution in [3.63, 3.8) is 0 Å². The number of carbonyl (C=O) groups excluding carboxylic acids is 2. The molecule has 0 saturated carbocycles. The lowest BCUT2D eigenvalue weighted by molar-refractivity contribution is -0.129. The summed E-state index contributed by atoms with van der Waals surface area (Å²) in [7, 11) is -3.47. The first-order chi connectivity index (χ1) is 13.9. The number of rotatable bonds is 13. The van der Waals surface area contributed by atoms with Crippen molar-refractivity contribution in [3.05, 3.63) is 34.3 Å². The van der Waals surface area contributed by atoms with Gasteiger partial charge in [-0.3, -0.25) is 14.2 Å². The molecule has 1 aromatic rings. The topological polar surface area (TPSA) is 81.7 Å². The number of Topliss-reactive ketones (excluding diaryl/α,β-unsaturated/α-hetero) is 1. The highest BCUT2D eigenvalue weighted by Gasteiger charge is 2.30. The zero-order valence-corrected chi connectivity index (χ0v) is 21.3. The van der Waals surface area contributed by atoms with Crippen LogP contribution in [0.2, 0.25) is 0 Å². The Labute approximate surface area is 189 Å². The third kappa shape index (κ3) is 10.9. The van der Waals surface area contributed by atoms with Gasteiger partial charge in [-0.15, -0.1) is 0 Å². The van der Waals surface area contributed by atoms with Crippen LogP contribution in [0, 0.1) is 11.8 Å². The van der Waals surface area contributed by atoms with Crippen molar-refractivity contribution in [2.75, 3.05) is 6.29 Å². The molecule has 6 nitrogen and oxygen atoms in total. The van der Waals surface area contributed by atoms with Gasteiger partial charge >= 0.3 is 7.60 Å². The quantitative estimate of drug-likeness (QED) is 0.347. The van der Waals surface area contributed by atoms with Crippen LogP contribution in [-0.2, 0) is 29.6 Å². The van der Waals surface area contributed by atoms with Crippen molar-refractivity contribution >= 4 is 35.2 Å². The molecule has 0 fully saturated rings. The molecular formula is C22H35BrNO5P. The van der Waals surface area contributed by atoms with Crippen molar-refractivity contribution in [1.29, 1.82) is 0 Å². The first-order valence-corrected chi connectivity index (χ1v) is 12.9. The van der Waals surface area contributed by atoms with Gasteiger partial charge < -0.3 is 14.4 Å². The highest BCUT2D eigenvalue weighted by molar-refractivity contribution is 9.10. The fourth-order valence-corrected chi connectivity index (χ4v) is 5.19. The minimum atomic E-state index is -3.47. The van der Waals surface area contributed by atoms with Gasteiger partial charge in [0.05, 0.1) is 12.2 Å². The molecule has 0 aromatic heterocycles. The number of carbonyl (C=O) groups is 2. The Balaban J connectivity index is 2.78. The predicted octanol–water partition coefficient (Wildman–Crippen LogP) is 5.73. The molecule has 1 atom stereocenters. The Morgan fingerprint density at radius 3 is 2.00 bits per heavy atom. The second-order valence-electron chi connectivity index (χ2n) is 8.49. The minimum Gasteiger partial charge on any atom is -0.344 e. The molecule has 8 heteroatoms. The average Bonchev–Trinajstić information content (AvgIpc) is 2.59. The van der Waals surface area contributed by atoms with E-state index in [0.29, 0.717) is 6.42 Å². The van der Waals surface area contributed by atoms with Gasteiger partial charge in [-0.1, -0.05) is 41.9 Å². The fourth-order valence-electron chi connectivity index (χ4n) is 3.09. The molecule has 170 valence electrons. The summed E-state index contributed by atoms with van der Waals surface area (Å²) in [6.07, 6.45) is 0.174. The fraction of sp³-hybridized carbons (Fsp3) is 0.636. The van der Waals surface area contributed by atoms with Crippen LogP contribution in [0.5, 0.6) is 0 Å². The summed E-state index contributed by atoms with van der Waals surface area (Å²) in [5.41, 5.74) is 0.909. The molecule has 1 rings (SSSR count). The lowest BCUT2D eigenvalue weighted by Crippen LogP contribution is -2.34. The molecule has 0 aliphatic carbocycles. The molecule has 0 spiro atoms. The number of ketones is 1. The molecule has 0 heterocycles. The smallest absolute Gasteiger partial charge is 0.344 e. The summed E-state index contributed by atoms with van der Waals surface area (Å²) >= 11 is 3.38. The van der Waals surface area contributed by atoms with E-state index in [4.69, 9.17) is 9.05 Å². The van der Waals surface area contributed by atoms with Gasteiger partial charge in [-0.25, -0.2) is 0 Å². The molecule has 0 radical (unpaired) electrons. The molecule has 0 saturated heterocycles. The maximum atomic E-state index is 12.9. The van der Waals surface area contributed by atoms with E-state index in [0.717, 1.165) is 10.0 Å². The Hall–Kier alpha value is -1.01. The predicted molar refractivity (Wildman–Crippen MR) is 123 cm³/mol. The zero-order chi connectivity index (χ0) is 22.9. The van der Waals surface area contributed by atoms with E-state index in [2.05, 4.69) is 21.2 Å². The van der Waals surface area contributed by atoms with E-state index >= 15 is 0 Å². The molecule has 0 unspecified atom stereocenters. The van der Waals surface area contributed by atoms with Crippen LogP contribution < -0.4 is 5.32 Å². The lowest BCUT2D eigenvalue weighted by atomic mass is 9.90. The number of amides is 1. The Kier molecular flexibility index (Phi) is 11.5. The van der Waals surface area contributed by atoms with Crippen molar-refractivity contribution in [1.82, 2.24) is 5.32 Å². The summed E-state index contributed by atoms with van der Waals surface area (Å²) < 4.78 is 24.9. The van der Waals surface area contributed by atoms with Gasteiger partial charge in [-0.05, 0) is 57.7 Å². The molecule has 30 heavy (non-hydrogen) atoms. The first-order valence-electron chi connectivity index (χ1n) is 10.4. The Bertz CT molecular complexity index is 720. The number of hydrogen-bond donors (Lipinski definition) is 1. The van der Waals surface area contributed by atoms with E-state index in [1.165, 1.54) is 0 Å². The number of nitrogens with one attached hydrogen (secondary N) is 1. The zero-order valence-electron chi connectivity index (χ0n) is 18.8. The van der Waals surface area contributed by atoms with Crippen molar-refractivity contribution in [2.45, 2.75) is 73.0 Å². The first kappa shape index (κ1) is 27.0. The summed E-state index contributed by atoms with van der Waals surface area (Å²) in [5.74, 6) is -0.544. The SMILES string of the molecule is CC(C)C[C@H](CC(=O)Cc1ccc(Br)cc1)C(=O)NCP(=O)(OC(C)C)OC(C)C. The van der Waals surface area contributed by atoms with Crippen molar-refractivity contribution in [3.8, 4) is 0 Å². The van der Waals surface area contributed by atoms with Gasteiger partial charge in [0, 0.05) is 23.2 Å². The Morgan fingerprint density at radius 1 is 1.00 bits per heavy atom. The van der Waals surface area contributed by atoms with Crippen molar-refractivity contribution < 1.29 is 23.2 Å². The normalized spacial score (nSPS) is 13.1.